The number of benzene rings is 2. The van der Waals surface area contributed by atoms with E-state index in [1.807, 2.05) is 54.6 Å². The highest BCUT2D eigenvalue weighted by Gasteiger charge is 2.31. The molecule has 0 radical (unpaired) electrons. The minimum absolute atomic E-state index is 0.109. The molecule has 1 aliphatic rings. The molecule has 0 saturated carbocycles. The molecule has 1 aliphatic heterocycles. The summed E-state index contributed by atoms with van der Waals surface area (Å²) in [6.07, 6.45) is 0. The first kappa shape index (κ1) is 20.1. The lowest BCUT2D eigenvalue weighted by Gasteiger charge is -2.24. The normalized spacial score (nSPS) is 15.9. The van der Waals surface area contributed by atoms with E-state index in [2.05, 4.69) is 5.32 Å². The standard InChI is InChI=1S/C21H24N2O4S/c1-2-26-19(24)14-22-21(25)23-11-12-28-20(23)17-9-6-10-18(13-17)27-15-16-7-4-3-5-8-16/h3-10,13,20H,2,11-12,14-15H2,1H3,(H,22,25)/t20-/m0/s1. The van der Waals surface area contributed by atoms with E-state index in [1.54, 1.807) is 23.6 Å². The van der Waals surface area contributed by atoms with Crippen LogP contribution in [0.15, 0.2) is 54.6 Å². The van der Waals surface area contributed by atoms with Crippen LogP contribution in [0.4, 0.5) is 4.79 Å². The lowest BCUT2D eigenvalue weighted by molar-refractivity contribution is -0.141. The molecule has 0 bridgehead atoms. The quantitative estimate of drug-likeness (QED) is 0.720. The number of hydrogen-bond acceptors (Lipinski definition) is 5. The van der Waals surface area contributed by atoms with Crippen molar-refractivity contribution in [1.82, 2.24) is 10.2 Å². The number of rotatable bonds is 7. The lowest BCUT2D eigenvalue weighted by Crippen LogP contribution is -2.41. The molecule has 1 N–H and O–H groups in total. The van der Waals surface area contributed by atoms with E-state index in [0.717, 1.165) is 22.6 Å². The second-order valence-electron chi connectivity index (χ2n) is 6.23. The van der Waals surface area contributed by atoms with Gasteiger partial charge in [-0.3, -0.25) is 4.79 Å². The van der Waals surface area contributed by atoms with Crippen molar-refractivity contribution in [3.63, 3.8) is 0 Å². The van der Waals surface area contributed by atoms with Gasteiger partial charge in [0.15, 0.2) is 0 Å². The Morgan fingerprint density at radius 3 is 2.79 bits per heavy atom. The van der Waals surface area contributed by atoms with E-state index in [9.17, 15) is 9.59 Å². The van der Waals surface area contributed by atoms with Crippen LogP contribution in [0, 0.1) is 0 Å². The van der Waals surface area contributed by atoms with Gasteiger partial charge in [0, 0.05) is 12.3 Å². The number of carbonyl (C=O) groups is 2. The third kappa shape index (κ3) is 5.42. The molecule has 0 unspecified atom stereocenters. The number of esters is 1. The number of carbonyl (C=O) groups excluding carboxylic acids is 2. The summed E-state index contributed by atoms with van der Waals surface area (Å²) in [7, 11) is 0. The zero-order valence-corrected chi connectivity index (χ0v) is 16.6. The third-order valence-corrected chi connectivity index (χ3v) is 5.49. The second-order valence-corrected chi connectivity index (χ2v) is 7.42. The molecule has 28 heavy (non-hydrogen) atoms. The summed E-state index contributed by atoms with van der Waals surface area (Å²) in [5.74, 6) is 1.17. The molecular formula is C21H24N2O4S. The van der Waals surface area contributed by atoms with Gasteiger partial charge in [0.05, 0.1) is 6.61 Å². The average Bonchev–Trinajstić information content (AvgIpc) is 3.22. The Labute approximate surface area is 169 Å². The fourth-order valence-corrected chi connectivity index (χ4v) is 4.16. The van der Waals surface area contributed by atoms with Gasteiger partial charge in [0.25, 0.3) is 0 Å². The molecule has 6 nitrogen and oxygen atoms in total. The number of amides is 2. The monoisotopic (exact) mass is 400 g/mol. The summed E-state index contributed by atoms with van der Waals surface area (Å²) in [5.41, 5.74) is 2.10. The molecular weight excluding hydrogens is 376 g/mol. The van der Waals surface area contributed by atoms with Crippen molar-refractivity contribution in [2.45, 2.75) is 18.9 Å². The highest BCUT2D eigenvalue weighted by molar-refractivity contribution is 7.99. The average molecular weight is 401 g/mol. The number of ether oxygens (including phenoxy) is 2. The van der Waals surface area contributed by atoms with Crippen LogP contribution in [0.5, 0.6) is 5.75 Å². The van der Waals surface area contributed by atoms with Crippen LogP contribution in [0.1, 0.15) is 23.4 Å². The maximum atomic E-state index is 12.5. The Kier molecular flexibility index (Phi) is 7.19. The summed E-state index contributed by atoms with van der Waals surface area (Å²) in [4.78, 5) is 25.7. The third-order valence-electron chi connectivity index (χ3n) is 4.23. The van der Waals surface area contributed by atoms with Crippen molar-refractivity contribution in [2.24, 2.45) is 0 Å². The van der Waals surface area contributed by atoms with Gasteiger partial charge in [0.2, 0.25) is 0 Å². The molecule has 1 saturated heterocycles. The fourth-order valence-electron chi connectivity index (χ4n) is 2.91. The van der Waals surface area contributed by atoms with Crippen LogP contribution in [0.2, 0.25) is 0 Å². The van der Waals surface area contributed by atoms with Gasteiger partial charge in [-0.25, -0.2) is 4.79 Å². The van der Waals surface area contributed by atoms with E-state index in [-0.39, 0.29) is 17.9 Å². The van der Waals surface area contributed by atoms with Crippen molar-refractivity contribution in [3.8, 4) is 5.75 Å². The van der Waals surface area contributed by atoms with Crippen LogP contribution in [-0.2, 0) is 16.1 Å². The second kappa shape index (κ2) is 10.0. The Hall–Kier alpha value is -2.67. The van der Waals surface area contributed by atoms with E-state index in [4.69, 9.17) is 9.47 Å². The van der Waals surface area contributed by atoms with Crippen LogP contribution >= 0.6 is 11.8 Å². The van der Waals surface area contributed by atoms with Crippen LogP contribution in [0.3, 0.4) is 0 Å². The minimum Gasteiger partial charge on any atom is -0.489 e. The Morgan fingerprint density at radius 2 is 2.00 bits per heavy atom. The fraction of sp³-hybridized carbons (Fsp3) is 0.333. The summed E-state index contributed by atoms with van der Waals surface area (Å²) < 4.78 is 10.8. The zero-order chi connectivity index (χ0) is 19.8. The highest BCUT2D eigenvalue weighted by atomic mass is 32.2. The summed E-state index contributed by atoms with van der Waals surface area (Å²) in [6.45, 7) is 3.03. The summed E-state index contributed by atoms with van der Waals surface area (Å²) >= 11 is 1.69. The van der Waals surface area contributed by atoms with Gasteiger partial charge in [-0.1, -0.05) is 42.5 Å². The molecule has 3 rings (SSSR count). The van der Waals surface area contributed by atoms with Crippen molar-refractivity contribution >= 4 is 23.8 Å². The first-order valence-corrected chi connectivity index (χ1v) is 10.3. The molecule has 7 heteroatoms. The Morgan fingerprint density at radius 1 is 1.18 bits per heavy atom. The first-order chi connectivity index (χ1) is 13.7. The number of nitrogens with zero attached hydrogens (tertiary/aromatic N) is 1. The van der Waals surface area contributed by atoms with E-state index in [1.165, 1.54) is 0 Å². The smallest absolute Gasteiger partial charge is 0.325 e. The molecule has 2 aromatic rings. The molecule has 0 aromatic heterocycles. The molecule has 1 fully saturated rings. The van der Waals surface area contributed by atoms with Crippen molar-refractivity contribution in [3.05, 3.63) is 65.7 Å². The van der Waals surface area contributed by atoms with Gasteiger partial charge < -0.3 is 19.7 Å². The van der Waals surface area contributed by atoms with Gasteiger partial charge in [0.1, 0.15) is 24.3 Å². The molecule has 0 aliphatic carbocycles. The van der Waals surface area contributed by atoms with E-state index in [0.29, 0.717) is 19.8 Å². The number of urea groups is 1. The topological polar surface area (TPSA) is 67.9 Å². The molecule has 148 valence electrons. The first-order valence-electron chi connectivity index (χ1n) is 9.25. The predicted octanol–water partition coefficient (Wildman–Crippen LogP) is 3.59. The van der Waals surface area contributed by atoms with Crippen LogP contribution < -0.4 is 10.1 Å². The van der Waals surface area contributed by atoms with Gasteiger partial charge in [-0.05, 0) is 30.2 Å². The van der Waals surface area contributed by atoms with Crippen molar-refractivity contribution < 1.29 is 19.1 Å². The van der Waals surface area contributed by atoms with Crippen molar-refractivity contribution in [2.75, 3.05) is 25.4 Å². The van der Waals surface area contributed by atoms with Gasteiger partial charge >= 0.3 is 12.0 Å². The largest absolute Gasteiger partial charge is 0.489 e. The zero-order valence-electron chi connectivity index (χ0n) is 15.8. The highest BCUT2D eigenvalue weighted by Crippen LogP contribution is 2.38. The number of nitrogens with one attached hydrogen (secondary N) is 1. The lowest BCUT2D eigenvalue weighted by atomic mass is 10.2. The molecule has 2 amide bonds. The molecule has 1 heterocycles. The van der Waals surface area contributed by atoms with Gasteiger partial charge in [-0.2, -0.15) is 0 Å². The Bertz CT molecular complexity index is 800. The van der Waals surface area contributed by atoms with Crippen molar-refractivity contribution in [1.29, 1.82) is 0 Å². The number of thioether (sulfide) groups is 1. The molecule has 2 aromatic carbocycles. The van der Waals surface area contributed by atoms with Gasteiger partial charge in [-0.15, -0.1) is 11.8 Å². The Balaban J connectivity index is 1.61. The molecule has 1 atom stereocenters. The molecule has 0 spiro atoms. The van der Waals surface area contributed by atoms with E-state index >= 15 is 0 Å². The summed E-state index contributed by atoms with van der Waals surface area (Å²) in [6, 6.07) is 17.5. The maximum absolute atomic E-state index is 12.5. The predicted molar refractivity (Wildman–Crippen MR) is 109 cm³/mol. The maximum Gasteiger partial charge on any atom is 0.325 e. The SMILES string of the molecule is CCOC(=O)CNC(=O)N1CCS[C@H]1c1cccc(OCc2ccccc2)c1. The minimum atomic E-state index is -0.435. The number of hydrogen-bond donors (Lipinski definition) is 1. The van der Waals surface area contributed by atoms with E-state index < -0.39 is 5.97 Å². The summed E-state index contributed by atoms with van der Waals surface area (Å²) in [5, 5.41) is 2.53. The van der Waals surface area contributed by atoms with Crippen LogP contribution in [-0.4, -0.2) is 42.3 Å². The van der Waals surface area contributed by atoms with Crippen LogP contribution in [0.25, 0.3) is 0 Å².